The third-order valence-electron chi connectivity index (χ3n) is 3.99. The van der Waals surface area contributed by atoms with Crippen LogP contribution in [0.1, 0.15) is 67.7 Å². The van der Waals surface area contributed by atoms with Crippen molar-refractivity contribution in [2.75, 3.05) is 0 Å². The van der Waals surface area contributed by atoms with Crippen molar-refractivity contribution in [3.8, 4) is 0 Å². The molecule has 0 amide bonds. The van der Waals surface area contributed by atoms with Gasteiger partial charge in [-0.2, -0.15) is 0 Å². The van der Waals surface area contributed by atoms with Crippen LogP contribution in [0.4, 0.5) is 0 Å². The molecule has 1 aliphatic rings. The maximum atomic E-state index is 6.46. The smallest absolute Gasteiger partial charge is 0.0145 e. The summed E-state index contributed by atoms with van der Waals surface area (Å²) in [6.07, 6.45) is 3.55. The molecule has 1 saturated carbocycles. The van der Waals surface area contributed by atoms with Gasteiger partial charge in [0.25, 0.3) is 0 Å². The van der Waals surface area contributed by atoms with E-state index in [1.807, 2.05) is 0 Å². The molecule has 2 heteroatoms. The van der Waals surface area contributed by atoms with Crippen molar-refractivity contribution in [2.45, 2.75) is 91.4 Å². The number of rotatable bonds is 3. The molecule has 1 fully saturated rings. The van der Waals surface area contributed by atoms with Gasteiger partial charge in [-0.25, -0.2) is 0 Å². The fourth-order valence-corrected chi connectivity index (χ4v) is 4.14. The van der Waals surface area contributed by atoms with Gasteiger partial charge in [0.1, 0.15) is 0 Å². The first-order valence-corrected chi connectivity index (χ1v) is 7.10. The molecule has 2 unspecified atom stereocenters. The molecule has 2 N–H and O–H groups in total. The minimum Gasteiger partial charge on any atom is -0.325 e. The summed E-state index contributed by atoms with van der Waals surface area (Å²) >= 11 is 0. The Morgan fingerprint density at radius 2 is 1.47 bits per heavy atom. The number of nitrogens with zero attached hydrogens (tertiary/aromatic N) is 1. The van der Waals surface area contributed by atoms with E-state index in [0.717, 1.165) is 12.8 Å². The summed E-state index contributed by atoms with van der Waals surface area (Å²) in [6.45, 7) is 16.2. The zero-order valence-electron chi connectivity index (χ0n) is 12.9. The van der Waals surface area contributed by atoms with Gasteiger partial charge in [0.2, 0.25) is 0 Å². The van der Waals surface area contributed by atoms with Gasteiger partial charge in [-0.1, -0.05) is 13.8 Å². The minimum atomic E-state index is -0.00551. The Labute approximate surface area is 108 Å². The standard InChI is InChI=1S/C15H32N2/c1-11(2)17(12(3)4)13-8-14(5,6)10-15(7,16)9-13/h11-13H,8-10,16H2,1-7H3. The van der Waals surface area contributed by atoms with E-state index in [-0.39, 0.29) is 5.54 Å². The summed E-state index contributed by atoms with van der Waals surface area (Å²) in [5.41, 5.74) is 6.82. The third-order valence-corrected chi connectivity index (χ3v) is 3.99. The van der Waals surface area contributed by atoms with Gasteiger partial charge >= 0.3 is 0 Å². The summed E-state index contributed by atoms with van der Waals surface area (Å²) in [5, 5.41) is 0. The molecule has 17 heavy (non-hydrogen) atoms. The molecule has 0 aliphatic heterocycles. The Hall–Kier alpha value is -0.0800. The molecule has 1 rings (SSSR count). The molecule has 102 valence electrons. The Kier molecular flexibility index (Phi) is 4.31. The quantitative estimate of drug-likeness (QED) is 0.819. The molecule has 2 atom stereocenters. The number of nitrogens with two attached hydrogens (primary N) is 1. The SMILES string of the molecule is CC(C)N(C(C)C)C1CC(C)(C)CC(C)(N)C1. The first-order valence-electron chi connectivity index (χ1n) is 7.10. The second-order valence-corrected chi connectivity index (χ2v) is 7.69. The zero-order valence-corrected chi connectivity index (χ0v) is 12.9. The molecule has 1 aliphatic carbocycles. The van der Waals surface area contributed by atoms with Gasteiger partial charge in [0.15, 0.2) is 0 Å². The molecule has 0 spiro atoms. The van der Waals surface area contributed by atoms with Crippen LogP contribution in [0.15, 0.2) is 0 Å². The van der Waals surface area contributed by atoms with E-state index in [2.05, 4.69) is 53.4 Å². The monoisotopic (exact) mass is 240 g/mol. The average Bonchev–Trinajstić information content (AvgIpc) is 1.93. The van der Waals surface area contributed by atoms with Crippen molar-refractivity contribution in [3.05, 3.63) is 0 Å². The van der Waals surface area contributed by atoms with Crippen LogP contribution in [0.5, 0.6) is 0 Å². The molecular weight excluding hydrogens is 208 g/mol. The van der Waals surface area contributed by atoms with Crippen molar-refractivity contribution >= 4 is 0 Å². The molecule has 0 aromatic heterocycles. The molecule has 0 radical (unpaired) electrons. The average molecular weight is 240 g/mol. The van der Waals surface area contributed by atoms with Crippen molar-refractivity contribution in [2.24, 2.45) is 11.1 Å². The van der Waals surface area contributed by atoms with E-state index < -0.39 is 0 Å². The second-order valence-electron chi connectivity index (χ2n) is 7.69. The summed E-state index contributed by atoms with van der Waals surface area (Å²) in [4.78, 5) is 2.64. The van der Waals surface area contributed by atoms with E-state index >= 15 is 0 Å². The topological polar surface area (TPSA) is 29.3 Å². The van der Waals surface area contributed by atoms with E-state index in [1.165, 1.54) is 6.42 Å². The van der Waals surface area contributed by atoms with Gasteiger partial charge < -0.3 is 5.73 Å². The molecule has 0 heterocycles. The molecule has 0 saturated heterocycles. The van der Waals surface area contributed by atoms with Crippen LogP contribution in [0, 0.1) is 5.41 Å². The van der Waals surface area contributed by atoms with E-state index in [4.69, 9.17) is 5.73 Å². The Morgan fingerprint density at radius 3 is 1.82 bits per heavy atom. The lowest BCUT2D eigenvalue weighted by molar-refractivity contribution is 0.0183. The lowest BCUT2D eigenvalue weighted by Crippen LogP contribution is -2.56. The third kappa shape index (κ3) is 3.96. The van der Waals surface area contributed by atoms with Crippen LogP contribution in [-0.2, 0) is 0 Å². The molecule has 0 aromatic rings. The molecular formula is C15H32N2. The predicted octanol–water partition coefficient (Wildman–Crippen LogP) is 3.40. The number of hydrogen-bond donors (Lipinski definition) is 1. The van der Waals surface area contributed by atoms with Gasteiger partial charge in [0, 0.05) is 23.7 Å². The summed E-state index contributed by atoms with van der Waals surface area (Å²) in [7, 11) is 0. The lowest BCUT2D eigenvalue weighted by atomic mass is 9.66. The molecule has 0 bridgehead atoms. The van der Waals surface area contributed by atoms with Crippen LogP contribution in [0.3, 0.4) is 0 Å². The van der Waals surface area contributed by atoms with Crippen molar-refractivity contribution < 1.29 is 0 Å². The van der Waals surface area contributed by atoms with Gasteiger partial charge in [-0.3, -0.25) is 4.90 Å². The van der Waals surface area contributed by atoms with Crippen LogP contribution in [-0.4, -0.2) is 28.6 Å². The van der Waals surface area contributed by atoms with Crippen LogP contribution >= 0.6 is 0 Å². The largest absolute Gasteiger partial charge is 0.325 e. The predicted molar refractivity (Wildman–Crippen MR) is 76.1 cm³/mol. The first kappa shape index (κ1) is 15.0. The van der Waals surface area contributed by atoms with Gasteiger partial charge in [0.05, 0.1) is 0 Å². The maximum Gasteiger partial charge on any atom is 0.0145 e. The highest BCUT2D eigenvalue weighted by molar-refractivity contribution is 4.99. The zero-order chi connectivity index (χ0) is 13.4. The summed E-state index contributed by atoms with van der Waals surface area (Å²) in [5.74, 6) is 0. The van der Waals surface area contributed by atoms with Gasteiger partial charge in [-0.15, -0.1) is 0 Å². The first-order chi connectivity index (χ1) is 7.54. The van der Waals surface area contributed by atoms with Crippen molar-refractivity contribution in [1.82, 2.24) is 4.90 Å². The Balaban J connectivity index is 2.89. The van der Waals surface area contributed by atoms with Crippen LogP contribution < -0.4 is 5.73 Å². The Morgan fingerprint density at radius 1 is 1.00 bits per heavy atom. The molecule has 2 nitrogen and oxygen atoms in total. The highest BCUT2D eigenvalue weighted by Gasteiger charge is 2.41. The maximum absolute atomic E-state index is 6.46. The second kappa shape index (κ2) is 4.89. The van der Waals surface area contributed by atoms with E-state index in [9.17, 15) is 0 Å². The van der Waals surface area contributed by atoms with Gasteiger partial charge in [-0.05, 0) is 59.3 Å². The van der Waals surface area contributed by atoms with Crippen molar-refractivity contribution in [3.63, 3.8) is 0 Å². The fraction of sp³-hybridized carbons (Fsp3) is 1.00. The Bertz CT molecular complexity index is 230. The summed E-state index contributed by atoms with van der Waals surface area (Å²) in [6, 6.07) is 1.84. The minimum absolute atomic E-state index is 0.00551. The molecule has 0 aromatic carbocycles. The highest BCUT2D eigenvalue weighted by Crippen LogP contribution is 2.42. The summed E-state index contributed by atoms with van der Waals surface area (Å²) < 4.78 is 0. The highest BCUT2D eigenvalue weighted by atomic mass is 15.2. The van der Waals surface area contributed by atoms with E-state index in [1.54, 1.807) is 0 Å². The lowest BCUT2D eigenvalue weighted by Gasteiger charge is -2.50. The van der Waals surface area contributed by atoms with E-state index in [0.29, 0.717) is 23.5 Å². The number of hydrogen-bond acceptors (Lipinski definition) is 2. The van der Waals surface area contributed by atoms with Crippen molar-refractivity contribution in [1.29, 1.82) is 0 Å². The normalized spacial score (nSPS) is 33.7. The fourth-order valence-electron chi connectivity index (χ4n) is 4.14. The van der Waals surface area contributed by atoms with Crippen LogP contribution in [0.2, 0.25) is 0 Å². The van der Waals surface area contributed by atoms with Crippen LogP contribution in [0.25, 0.3) is 0 Å².